The van der Waals surface area contributed by atoms with Crippen LogP contribution in [-0.2, 0) is 4.79 Å². The summed E-state index contributed by atoms with van der Waals surface area (Å²) in [6.45, 7) is 0. The lowest BCUT2D eigenvalue weighted by Crippen LogP contribution is -2.30. The van der Waals surface area contributed by atoms with Crippen molar-refractivity contribution in [2.24, 2.45) is 5.92 Å². The van der Waals surface area contributed by atoms with Crippen LogP contribution in [0.3, 0.4) is 0 Å². The summed E-state index contributed by atoms with van der Waals surface area (Å²) >= 11 is 6.00. The maximum Gasteiger partial charge on any atom is 0.138 e. The molecule has 1 N–H and O–H groups in total. The molecule has 114 valence electrons. The SMILES string of the molecule is O=C1CCCCC1C(Nc1ccccc1)c1ccc(Cl)cc1. The zero-order valence-corrected chi connectivity index (χ0v) is 13.2. The van der Waals surface area contributed by atoms with E-state index in [2.05, 4.69) is 5.32 Å². The Balaban J connectivity index is 1.90. The average molecular weight is 314 g/mol. The lowest BCUT2D eigenvalue weighted by molar-refractivity contribution is -0.125. The number of Topliss-reactive ketones (excluding diaryl/α,β-unsaturated/α-hetero) is 1. The van der Waals surface area contributed by atoms with Crippen molar-refractivity contribution in [3.05, 3.63) is 65.2 Å². The van der Waals surface area contributed by atoms with Crippen molar-refractivity contribution in [3.8, 4) is 0 Å². The lowest BCUT2D eigenvalue weighted by Gasteiger charge is -2.31. The van der Waals surface area contributed by atoms with Gasteiger partial charge in [0.2, 0.25) is 0 Å². The zero-order valence-electron chi connectivity index (χ0n) is 12.5. The average Bonchev–Trinajstić information content (AvgIpc) is 2.55. The number of halogens is 1. The third-order valence-electron chi connectivity index (χ3n) is 4.33. The van der Waals surface area contributed by atoms with Crippen molar-refractivity contribution in [3.63, 3.8) is 0 Å². The Morgan fingerprint density at radius 2 is 1.73 bits per heavy atom. The first-order valence-corrected chi connectivity index (χ1v) is 8.21. The van der Waals surface area contributed by atoms with Crippen LogP contribution < -0.4 is 5.32 Å². The summed E-state index contributed by atoms with van der Waals surface area (Å²) in [5.41, 5.74) is 2.16. The summed E-state index contributed by atoms with van der Waals surface area (Å²) in [6, 6.07) is 17.9. The minimum absolute atomic E-state index is 0.00691. The molecule has 0 spiro atoms. The second-order valence-electron chi connectivity index (χ2n) is 5.86. The second-order valence-corrected chi connectivity index (χ2v) is 6.29. The van der Waals surface area contributed by atoms with E-state index in [9.17, 15) is 4.79 Å². The van der Waals surface area contributed by atoms with E-state index >= 15 is 0 Å². The normalized spacial score (nSPS) is 19.7. The Labute approximate surface area is 136 Å². The highest BCUT2D eigenvalue weighted by molar-refractivity contribution is 6.30. The van der Waals surface area contributed by atoms with Crippen LogP contribution >= 0.6 is 11.6 Å². The molecule has 0 bridgehead atoms. The van der Waals surface area contributed by atoms with Crippen LogP contribution in [-0.4, -0.2) is 5.78 Å². The Hall–Kier alpha value is -1.80. The molecule has 0 amide bonds. The molecule has 1 fully saturated rings. The summed E-state index contributed by atoms with van der Waals surface area (Å²) in [5, 5.41) is 4.27. The highest BCUT2D eigenvalue weighted by Gasteiger charge is 2.31. The number of benzene rings is 2. The van der Waals surface area contributed by atoms with Crippen LogP contribution in [0.25, 0.3) is 0 Å². The predicted octanol–water partition coefficient (Wildman–Crippen LogP) is 5.25. The molecular formula is C19H20ClNO. The number of rotatable bonds is 4. The second kappa shape index (κ2) is 6.97. The predicted molar refractivity (Wildman–Crippen MR) is 91.2 cm³/mol. The van der Waals surface area contributed by atoms with Gasteiger partial charge in [-0.2, -0.15) is 0 Å². The summed E-state index contributed by atoms with van der Waals surface area (Å²) in [4.78, 5) is 12.4. The molecule has 0 aliphatic heterocycles. The first-order chi connectivity index (χ1) is 10.7. The fourth-order valence-corrected chi connectivity index (χ4v) is 3.29. The number of anilines is 1. The fraction of sp³-hybridized carbons (Fsp3) is 0.316. The van der Waals surface area contributed by atoms with Crippen molar-refractivity contribution < 1.29 is 4.79 Å². The van der Waals surface area contributed by atoms with Crippen LogP contribution in [0.15, 0.2) is 54.6 Å². The molecule has 2 atom stereocenters. The third kappa shape index (κ3) is 3.50. The Morgan fingerprint density at radius 1 is 1.00 bits per heavy atom. The molecule has 1 saturated carbocycles. The van der Waals surface area contributed by atoms with Crippen molar-refractivity contribution in [1.82, 2.24) is 0 Å². The molecule has 3 heteroatoms. The summed E-state index contributed by atoms with van der Waals surface area (Å²) in [7, 11) is 0. The number of carbonyl (C=O) groups excluding carboxylic acids is 1. The molecule has 2 aromatic rings. The van der Waals surface area contributed by atoms with Crippen molar-refractivity contribution in [2.75, 3.05) is 5.32 Å². The Kier molecular flexibility index (Phi) is 4.79. The Morgan fingerprint density at radius 3 is 2.41 bits per heavy atom. The minimum Gasteiger partial charge on any atom is -0.378 e. The molecular weight excluding hydrogens is 294 g/mol. The highest BCUT2D eigenvalue weighted by atomic mass is 35.5. The van der Waals surface area contributed by atoms with Crippen LogP contribution in [0.5, 0.6) is 0 Å². The molecule has 3 rings (SSSR count). The first kappa shape index (κ1) is 15.1. The third-order valence-corrected chi connectivity index (χ3v) is 4.58. The van der Waals surface area contributed by atoms with Gasteiger partial charge in [-0.05, 0) is 42.7 Å². The van der Waals surface area contributed by atoms with E-state index in [1.54, 1.807) is 0 Å². The lowest BCUT2D eigenvalue weighted by atomic mass is 9.80. The van der Waals surface area contributed by atoms with E-state index in [1.165, 1.54) is 0 Å². The number of carbonyl (C=O) groups is 1. The first-order valence-electron chi connectivity index (χ1n) is 7.84. The van der Waals surface area contributed by atoms with Gasteiger partial charge in [0.15, 0.2) is 0 Å². The van der Waals surface area contributed by atoms with Gasteiger partial charge < -0.3 is 5.32 Å². The van der Waals surface area contributed by atoms with Crippen molar-refractivity contribution >= 4 is 23.1 Å². The highest BCUT2D eigenvalue weighted by Crippen LogP contribution is 2.35. The van der Waals surface area contributed by atoms with Crippen LogP contribution in [0.4, 0.5) is 5.69 Å². The number of para-hydroxylation sites is 1. The monoisotopic (exact) mass is 313 g/mol. The molecule has 0 saturated heterocycles. The van der Waals surface area contributed by atoms with Gasteiger partial charge in [-0.3, -0.25) is 4.79 Å². The molecule has 1 aliphatic rings. The van der Waals surface area contributed by atoms with E-state index in [4.69, 9.17) is 11.6 Å². The molecule has 2 unspecified atom stereocenters. The van der Waals surface area contributed by atoms with Crippen molar-refractivity contribution in [2.45, 2.75) is 31.7 Å². The molecule has 22 heavy (non-hydrogen) atoms. The van der Waals surface area contributed by atoms with E-state index in [-0.39, 0.29) is 12.0 Å². The number of hydrogen-bond donors (Lipinski definition) is 1. The van der Waals surface area contributed by atoms with Gasteiger partial charge in [0, 0.05) is 23.0 Å². The van der Waals surface area contributed by atoms with E-state index in [0.717, 1.165) is 35.5 Å². The fourth-order valence-electron chi connectivity index (χ4n) is 3.16. The van der Waals surface area contributed by atoms with Crippen LogP contribution in [0, 0.1) is 5.92 Å². The quantitative estimate of drug-likeness (QED) is 0.835. The zero-order chi connectivity index (χ0) is 15.4. The van der Waals surface area contributed by atoms with Crippen LogP contribution in [0.1, 0.15) is 37.3 Å². The van der Waals surface area contributed by atoms with Crippen LogP contribution in [0.2, 0.25) is 5.02 Å². The van der Waals surface area contributed by atoms with Gasteiger partial charge in [0.1, 0.15) is 5.78 Å². The van der Waals surface area contributed by atoms with Gasteiger partial charge in [-0.1, -0.05) is 48.4 Å². The summed E-state index contributed by atoms with van der Waals surface area (Å²) < 4.78 is 0. The van der Waals surface area contributed by atoms with Gasteiger partial charge in [0.05, 0.1) is 6.04 Å². The van der Waals surface area contributed by atoms with E-state index in [1.807, 2.05) is 54.6 Å². The largest absolute Gasteiger partial charge is 0.378 e. The molecule has 0 radical (unpaired) electrons. The number of hydrogen-bond acceptors (Lipinski definition) is 2. The summed E-state index contributed by atoms with van der Waals surface area (Å²) in [5.74, 6) is 0.407. The standard InChI is InChI=1S/C19H20ClNO/c20-15-12-10-14(11-13-15)19(17-8-4-5-9-18(17)22)21-16-6-2-1-3-7-16/h1-3,6-7,10-13,17,19,21H,4-5,8-9H2. The smallest absolute Gasteiger partial charge is 0.138 e. The van der Waals surface area contributed by atoms with Gasteiger partial charge in [-0.15, -0.1) is 0 Å². The van der Waals surface area contributed by atoms with E-state index in [0.29, 0.717) is 12.2 Å². The van der Waals surface area contributed by atoms with Crippen molar-refractivity contribution in [1.29, 1.82) is 0 Å². The Bertz CT molecular complexity index is 624. The molecule has 2 aromatic carbocycles. The molecule has 0 heterocycles. The molecule has 1 aliphatic carbocycles. The number of nitrogens with one attached hydrogen (secondary N) is 1. The minimum atomic E-state index is 0.00691. The van der Waals surface area contributed by atoms with Gasteiger partial charge in [0.25, 0.3) is 0 Å². The molecule has 2 nitrogen and oxygen atoms in total. The van der Waals surface area contributed by atoms with Gasteiger partial charge >= 0.3 is 0 Å². The maximum absolute atomic E-state index is 12.4. The summed E-state index contributed by atoms with van der Waals surface area (Å²) in [6.07, 6.45) is 3.79. The maximum atomic E-state index is 12.4. The van der Waals surface area contributed by atoms with E-state index < -0.39 is 0 Å². The topological polar surface area (TPSA) is 29.1 Å². The molecule has 0 aromatic heterocycles. The number of ketones is 1. The van der Waals surface area contributed by atoms with Gasteiger partial charge in [-0.25, -0.2) is 0 Å².